The Bertz CT molecular complexity index is 303. The molecule has 0 fully saturated rings. The molecule has 0 amide bonds. The van der Waals surface area contributed by atoms with Crippen LogP contribution in [0.3, 0.4) is 0 Å². The van der Waals surface area contributed by atoms with Gasteiger partial charge in [0.2, 0.25) is 11.9 Å². The van der Waals surface area contributed by atoms with E-state index in [-0.39, 0.29) is 5.95 Å². The smallest absolute Gasteiger partial charge is 0.227 e. The van der Waals surface area contributed by atoms with Crippen molar-refractivity contribution in [1.29, 1.82) is 0 Å². The predicted molar refractivity (Wildman–Crippen MR) is 61.5 cm³/mol. The molecule has 0 aliphatic carbocycles. The van der Waals surface area contributed by atoms with Crippen molar-refractivity contribution in [3.05, 3.63) is 5.82 Å². The lowest BCUT2D eigenvalue weighted by molar-refractivity contribution is 0.537. The summed E-state index contributed by atoms with van der Waals surface area (Å²) in [6.45, 7) is 8.28. The fourth-order valence-electron chi connectivity index (χ4n) is 1.55. The summed E-state index contributed by atoms with van der Waals surface area (Å²) in [6, 6.07) is 0.339. The van der Waals surface area contributed by atoms with Crippen molar-refractivity contribution in [3.63, 3.8) is 0 Å². The largest absolute Gasteiger partial charge is 0.368 e. The number of aromatic nitrogens is 3. The van der Waals surface area contributed by atoms with Crippen LogP contribution < -0.4 is 11.1 Å². The number of rotatable bonds is 4. The van der Waals surface area contributed by atoms with E-state index < -0.39 is 0 Å². The molecule has 0 saturated heterocycles. The van der Waals surface area contributed by atoms with E-state index >= 15 is 0 Å². The second-order valence-electron chi connectivity index (χ2n) is 4.24. The Morgan fingerprint density at radius 1 is 1.20 bits per heavy atom. The summed E-state index contributed by atoms with van der Waals surface area (Å²) in [4.78, 5) is 12.1. The molecule has 1 rings (SSSR count). The summed E-state index contributed by atoms with van der Waals surface area (Å²) < 4.78 is 0. The van der Waals surface area contributed by atoms with Crippen molar-refractivity contribution >= 4 is 11.9 Å². The fraction of sp³-hybridized carbons (Fsp3) is 0.700. The quantitative estimate of drug-likeness (QED) is 0.787. The topological polar surface area (TPSA) is 76.7 Å². The van der Waals surface area contributed by atoms with Gasteiger partial charge in [-0.3, -0.25) is 0 Å². The molecule has 84 valence electrons. The Balaban J connectivity index is 2.63. The summed E-state index contributed by atoms with van der Waals surface area (Å²) in [5.41, 5.74) is 5.53. The van der Waals surface area contributed by atoms with Gasteiger partial charge in [-0.05, 0) is 26.2 Å². The predicted octanol–water partition coefficient (Wildman–Crippen LogP) is 1.61. The Labute approximate surface area is 90.5 Å². The van der Waals surface area contributed by atoms with Crippen LogP contribution in [0, 0.1) is 12.8 Å². The first-order chi connectivity index (χ1) is 6.97. The Morgan fingerprint density at radius 3 is 2.40 bits per heavy atom. The Hall–Kier alpha value is -1.39. The van der Waals surface area contributed by atoms with Crippen molar-refractivity contribution in [3.8, 4) is 0 Å². The molecule has 1 aromatic heterocycles. The second kappa shape index (κ2) is 4.91. The maximum absolute atomic E-state index is 5.53. The third-order valence-electron chi connectivity index (χ3n) is 1.96. The lowest BCUT2D eigenvalue weighted by atomic mass is 10.1. The first-order valence-corrected chi connectivity index (χ1v) is 5.22. The van der Waals surface area contributed by atoms with Gasteiger partial charge in [0, 0.05) is 6.04 Å². The number of nitrogens with two attached hydrogens (primary N) is 1. The van der Waals surface area contributed by atoms with E-state index in [2.05, 4.69) is 41.0 Å². The highest BCUT2D eigenvalue weighted by Gasteiger charge is 2.07. The number of nitrogens with one attached hydrogen (secondary N) is 1. The van der Waals surface area contributed by atoms with Gasteiger partial charge >= 0.3 is 0 Å². The molecular formula is C10H19N5. The molecule has 0 bridgehead atoms. The molecule has 0 aromatic carbocycles. The molecule has 1 atom stereocenters. The molecule has 0 radical (unpaired) electrons. The highest BCUT2D eigenvalue weighted by Crippen LogP contribution is 2.09. The minimum atomic E-state index is 0.266. The van der Waals surface area contributed by atoms with Crippen molar-refractivity contribution in [1.82, 2.24) is 15.0 Å². The number of nitrogens with zero attached hydrogens (tertiary/aromatic N) is 3. The van der Waals surface area contributed by atoms with Crippen molar-refractivity contribution in [2.24, 2.45) is 5.92 Å². The van der Waals surface area contributed by atoms with Gasteiger partial charge in [-0.25, -0.2) is 0 Å². The van der Waals surface area contributed by atoms with Gasteiger partial charge in [-0.1, -0.05) is 13.8 Å². The zero-order valence-corrected chi connectivity index (χ0v) is 9.78. The summed E-state index contributed by atoms with van der Waals surface area (Å²) in [5, 5.41) is 3.21. The average molecular weight is 209 g/mol. The van der Waals surface area contributed by atoms with Crippen LogP contribution in [0.1, 0.15) is 33.0 Å². The van der Waals surface area contributed by atoms with E-state index in [4.69, 9.17) is 5.73 Å². The van der Waals surface area contributed by atoms with E-state index in [0.29, 0.717) is 23.7 Å². The zero-order chi connectivity index (χ0) is 11.4. The lowest BCUT2D eigenvalue weighted by Gasteiger charge is -2.15. The van der Waals surface area contributed by atoms with Gasteiger partial charge in [-0.15, -0.1) is 0 Å². The number of aryl methyl sites for hydroxylation is 1. The molecule has 1 aromatic rings. The van der Waals surface area contributed by atoms with E-state index in [9.17, 15) is 0 Å². The minimum absolute atomic E-state index is 0.266. The summed E-state index contributed by atoms with van der Waals surface area (Å²) in [5.74, 6) is 2.12. The minimum Gasteiger partial charge on any atom is -0.368 e. The highest BCUT2D eigenvalue weighted by atomic mass is 15.2. The van der Waals surface area contributed by atoms with Gasteiger partial charge < -0.3 is 11.1 Å². The molecule has 1 heterocycles. The summed E-state index contributed by atoms with van der Waals surface area (Å²) in [6.07, 6.45) is 1.07. The van der Waals surface area contributed by atoms with Crippen molar-refractivity contribution < 1.29 is 0 Å². The third kappa shape index (κ3) is 4.10. The molecule has 0 aliphatic rings. The number of anilines is 2. The maximum Gasteiger partial charge on any atom is 0.227 e. The standard InChI is InChI=1S/C10H19N5/c1-6(2)5-7(3)12-10-14-8(4)13-9(11)15-10/h6-7H,5H2,1-4H3,(H3,11,12,13,14,15). The van der Waals surface area contributed by atoms with Crippen LogP contribution in [0.4, 0.5) is 11.9 Å². The average Bonchev–Trinajstić information content (AvgIpc) is 1.98. The molecule has 0 aliphatic heterocycles. The summed E-state index contributed by atoms with van der Waals surface area (Å²) in [7, 11) is 0. The van der Waals surface area contributed by atoms with Crippen LogP contribution in [-0.2, 0) is 0 Å². The van der Waals surface area contributed by atoms with Crippen molar-refractivity contribution in [2.75, 3.05) is 11.1 Å². The first-order valence-electron chi connectivity index (χ1n) is 5.22. The first kappa shape index (κ1) is 11.7. The molecule has 1 unspecified atom stereocenters. The SMILES string of the molecule is Cc1nc(N)nc(NC(C)CC(C)C)n1. The second-order valence-corrected chi connectivity index (χ2v) is 4.24. The van der Waals surface area contributed by atoms with E-state index in [0.717, 1.165) is 6.42 Å². The van der Waals surface area contributed by atoms with E-state index in [1.807, 2.05) is 0 Å². The molecule has 3 N–H and O–H groups in total. The van der Waals surface area contributed by atoms with Crippen LogP contribution >= 0.6 is 0 Å². The van der Waals surface area contributed by atoms with Gasteiger partial charge in [0.1, 0.15) is 5.82 Å². The molecule has 15 heavy (non-hydrogen) atoms. The molecule has 5 nitrogen and oxygen atoms in total. The molecular weight excluding hydrogens is 190 g/mol. The monoisotopic (exact) mass is 209 g/mol. The van der Waals surface area contributed by atoms with Crippen LogP contribution in [0.5, 0.6) is 0 Å². The Kier molecular flexibility index (Phi) is 3.82. The van der Waals surface area contributed by atoms with Crippen LogP contribution in [-0.4, -0.2) is 21.0 Å². The van der Waals surface area contributed by atoms with Gasteiger partial charge in [0.05, 0.1) is 0 Å². The number of hydrogen-bond donors (Lipinski definition) is 2. The van der Waals surface area contributed by atoms with Crippen LogP contribution in [0.25, 0.3) is 0 Å². The fourth-order valence-corrected chi connectivity index (χ4v) is 1.55. The van der Waals surface area contributed by atoms with E-state index in [1.54, 1.807) is 6.92 Å². The number of nitrogen functional groups attached to an aromatic ring is 1. The van der Waals surface area contributed by atoms with Gasteiger partial charge in [-0.2, -0.15) is 15.0 Å². The highest BCUT2D eigenvalue weighted by molar-refractivity contribution is 5.31. The molecule has 0 spiro atoms. The van der Waals surface area contributed by atoms with Gasteiger partial charge in [0.25, 0.3) is 0 Å². The molecule has 5 heteroatoms. The number of hydrogen-bond acceptors (Lipinski definition) is 5. The molecule has 0 saturated carbocycles. The lowest BCUT2D eigenvalue weighted by Crippen LogP contribution is -2.20. The maximum atomic E-state index is 5.53. The van der Waals surface area contributed by atoms with Crippen LogP contribution in [0.2, 0.25) is 0 Å². The van der Waals surface area contributed by atoms with Crippen molar-refractivity contribution in [2.45, 2.75) is 40.2 Å². The summed E-state index contributed by atoms with van der Waals surface area (Å²) >= 11 is 0. The van der Waals surface area contributed by atoms with Crippen LogP contribution in [0.15, 0.2) is 0 Å². The Morgan fingerprint density at radius 2 is 1.87 bits per heavy atom. The van der Waals surface area contributed by atoms with Gasteiger partial charge in [0.15, 0.2) is 0 Å². The van der Waals surface area contributed by atoms with E-state index in [1.165, 1.54) is 0 Å². The zero-order valence-electron chi connectivity index (χ0n) is 9.78. The normalized spacial score (nSPS) is 12.9. The third-order valence-corrected chi connectivity index (χ3v) is 1.96.